The molecule has 3 N–H and O–H groups in total. The lowest BCUT2D eigenvalue weighted by Gasteiger charge is -2.39. The third-order valence-corrected chi connectivity index (χ3v) is 11.9. The zero-order valence-corrected chi connectivity index (χ0v) is 38.3. The molecule has 0 radical (unpaired) electrons. The predicted octanol–water partition coefficient (Wildman–Crippen LogP) is 5.59. The van der Waals surface area contributed by atoms with Crippen molar-refractivity contribution in [3.63, 3.8) is 0 Å². The van der Waals surface area contributed by atoms with Crippen LogP contribution in [0.3, 0.4) is 0 Å². The number of ether oxygens (including phenoxy) is 5. The Balaban J connectivity index is 0.760. The molecule has 0 saturated carbocycles. The number of hydrogen-bond donors (Lipinski definition) is 3. The van der Waals surface area contributed by atoms with Crippen LogP contribution in [0, 0.1) is 0 Å². The third-order valence-electron chi connectivity index (χ3n) is 11.9. The van der Waals surface area contributed by atoms with Crippen LogP contribution in [-0.2, 0) is 40.4 Å². The molecule has 2 aliphatic heterocycles. The summed E-state index contributed by atoms with van der Waals surface area (Å²) in [4.78, 5) is 40.5. The molecule has 2 aromatic heterocycles. The second kappa shape index (κ2) is 23.7. The topological polar surface area (TPSA) is 149 Å². The van der Waals surface area contributed by atoms with Crippen LogP contribution in [0.2, 0.25) is 0 Å². The number of hydrogen-bond acceptors (Lipinski definition) is 12. The first-order chi connectivity index (χ1) is 31.7. The van der Waals surface area contributed by atoms with Crippen molar-refractivity contribution in [1.29, 1.82) is 0 Å². The Kier molecular flexibility index (Phi) is 17.4. The highest BCUT2D eigenvalue weighted by molar-refractivity contribution is 5.98. The second-order valence-electron chi connectivity index (χ2n) is 17.5. The van der Waals surface area contributed by atoms with Crippen LogP contribution in [0.5, 0.6) is 5.75 Å². The Bertz CT molecular complexity index is 2300. The first-order valence-corrected chi connectivity index (χ1v) is 22.8. The van der Waals surface area contributed by atoms with Gasteiger partial charge in [0.15, 0.2) is 0 Å². The highest BCUT2D eigenvalue weighted by Crippen LogP contribution is 2.40. The zero-order valence-electron chi connectivity index (χ0n) is 38.3. The van der Waals surface area contributed by atoms with E-state index in [9.17, 15) is 9.59 Å². The normalized spacial score (nSPS) is 17.5. The summed E-state index contributed by atoms with van der Waals surface area (Å²) in [5.74, 6) is 0.426. The minimum atomic E-state index is -0.366. The van der Waals surface area contributed by atoms with Crippen molar-refractivity contribution in [3.8, 4) is 5.75 Å². The Hall–Kier alpha value is -5.32. The summed E-state index contributed by atoms with van der Waals surface area (Å²) in [6, 6.07) is 28.2. The van der Waals surface area contributed by atoms with E-state index in [0.29, 0.717) is 91.5 Å². The monoisotopic (exact) mass is 887 g/mol. The van der Waals surface area contributed by atoms with E-state index in [2.05, 4.69) is 58.7 Å². The smallest absolute Gasteiger partial charge is 0.241 e. The van der Waals surface area contributed by atoms with E-state index in [1.165, 1.54) is 0 Å². The van der Waals surface area contributed by atoms with Crippen molar-refractivity contribution in [2.75, 3.05) is 109 Å². The van der Waals surface area contributed by atoms with Crippen LogP contribution in [-0.4, -0.2) is 138 Å². The molecule has 0 spiro atoms. The molecule has 65 heavy (non-hydrogen) atoms. The van der Waals surface area contributed by atoms with E-state index in [0.717, 1.165) is 63.4 Å². The summed E-state index contributed by atoms with van der Waals surface area (Å²) < 4.78 is 28.7. The van der Waals surface area contributed by atoms with Gasteiger partial charge in [0.25, 0.3) is 0 Å². The van der Waals surface area contributed by atoms with Crippen LogP contribution in [0.15, 0.2) is 104 Å². The molecule has 3 atom stereocenters. The van der Waals surface area contributed by atoms with Gasteiger partial charge in [-0.2, -0.15) is 0 Å². The van der Waals surface area contributed by atoms with Crippen molar-refractivity contribution >= 4 is 34.0 Å². The Labute approximate surface area is 383 Å². The summed E-state index contributed by atoms with van der Waals surface area (Å²) >= 11 is 0. The minimum absolute atomic E-state index is 0.0735. The number of benzene rings is 3. The van der Waals surface area contributed by atoms with Gasteiger partial charge >= 0.3 is 0 Å². The van der Waals surface area contributed by atoms with E-state index in [-0.39, 0.29) is 29.2 Å². The van der Waals surface area contributed by atoms with Crippen molar-refractivity contribution in [3.05, 3.63) is 126 Å². The van der Waals surface area contributed by atoms with Gasteiger partial charge in [-0.15, -0.1) is 0 Å². The molecule has 2 aliphatic rings. The number of amides is 2. The lowest BCUT2D eigenvalue weighted by Crippen LogP contribution is -2.59. The van der Waals surface area contributed by atoms with Gasteiger partial charge in [-0.25, -0.2) is 0 Å². The minimum Gasteiger partial charge on any atom is -0.491 e. The number of nitrogens with one attached hydrogen (secondary N) is 3. The predicted molar refractivity (Wildman–Crippen MR) is 254 cm³/mol. The molecule has 7 rings (SSSR count). The number of carbonyl (C=O) groups is 2. The van der Waals surface area contributed by atoms with E-state index >= 15 is 0 Å². The second-order valence-corrected chi connectivity index (χ2v) is 17.5. The van der Waals surface area contributed by atoms with Crippen molar-refractivity contribution in [2.24, 2.45) is 0 Å². The van der Waals surface area contributed by atoms with Gasteiger partial charge in [-0.1, -0.05) is 62.4 Å². The third kappa shape index (κ3) is 13.6. The molecule has 14 nitrogen and oxygen atoms in total. The number of carbonyl (C=O) groups excluding carboxylic acids is 2. The average molecular weight is 888 g/mol. The van der Waals surface area contributed by atoms with E-state index in [1.807, 2.05) is 90.1 Å². The molecule has 346 valence electrons. The maximum atomic E-state index is 13.9. The highest BCUT2D eigenvalue weighted by atomic mass is 16.6. The number of nitrogens with zero attached hydrogens (tertiary/aromatic N) is 4. The fourth-order valence-corrected chi connectivity index (χ4v) is 8.51. The number of methoxy groups -OCH3 is 1. The van der Waals surface area contributed by atoms with Crippen molar-refractivity contribution in [1.82, 2.24) is 25.5 Å². The number of piperazine rings is 1. The molecule has 14 heteroatoms. The summed E-state index contributed by atoms with van der Waals surface area (Å²) in [7, 11) is 1.71. The average Bonchev–Trinajstić information content (AvgIpc) is 3.58. The molecule has 4 heterocycles. The molecule has 0 unspecified atom stereocenters. The van der Waals surface area contributed by atoms with Gasteiger partial charge in [0.2, 0.25) is 11.8 Å². The summed E-state index contributed by atoms with van der Waals surface area (Å²) in [6.07, 6.45) is 6.16. The first kappa shape index (κ1) is 47.6. The van der Waals surface area contributed by atoms with Gasteiger partial charge < -0.3 is 44.5 Å². The van der Waals surface area contributed by atoms with Crippen molar-refractivity contribution in [2.45, 2.75) is 50.6 Å². The summed E-state index contributed by atoms with van der Waals surface area (Å²) in [5.41, 5.74) is 5.46. The lowest BCUT2D eigenvalue weighted by molar-refractivity contribution is -0.121. The number of anilines is 2. The van der Waals surface area contributed by atoms with Gasteiger partial charge in [-0.05, 0) is 71.8 Å². The first-order valence-electron chi connectivity index (χ1n) is 22.8. The van der Waals surface area contributed by atoms with E-state index < -0.39 is 0 Å². The fraction of sp³-hybridized carbons (Fsp3) is 0.451. The quantitative estimate of drug-likeness (QED) is 0.0664. The zero-order chi connectivity index (χ0) is 45.4. The Morgan fingerprint density at radius 2 is 1.65 bits per heavy atom. The standard InChI is InChI=1S/C51H65N7O7/c1-37-33-57(44(31-54-37)35-61-4)34-48(59)58-36-51(2,3)49-47(58)27-39(29-55-49)25-38-9-8-12-45(26-38)65-24-23-64-22-21-63-20-19-62-18-17-53-32-46(40-10-6-5-7-11-40)50(60)56-43-14-13-42-30-52-16-15-41(42)28-43/h5-16,26-30,37,44,46,53-54H,17-25,31-36H2,1-4H3,(H,56,60)/t37-,44-,46-/m1/s1. The number of aromatic nitrogens is 2. The number of pyridine rings is 2. The molecule has 0 bridgehead atoms. The Morgan fingerprint density at radius 3 is 2.45 bits per heavy atom. The van der Waals surface area contributed by atoms with E-state index in [4.69, 9.17) is 28.7 Å². The maximum Gasteiger partial charge on any atom is 0.241 e. The van der Waals surface area contributed by atoms with Crippen LogP contribution < -0.4 is 25.6 Å². The Morgan fingerprint density at radius 1 is 0.862 bits per heavy atom. The molecule has 5 aromatic rings. The lowest BCUT2D eigenvalue weighted by atomic mass is 9.91. The van der Waals surface area contributed by atoms with Crippen LogP contribution in [0.4, 0.5) is 11.4 Å². The highest BCUT2D eigenvalue weighted by Gasteiger charge is 2.40. The fourth-order valence-electron chi connectivity index (χ4n) is 8.51. The van der Waals surface area contributed by atoms with Crippen LogP contribution in [0.1, 0.15) is 49.1 Å². The molecule has 2 amide bonds. The molecule has 1 saturated heterocycles. The number of rotatable bonds is 24. The molecule has 1 fully saturated rings. The van der Waals surface area contributed by atoms with Gasteiger partial charge in [0.05, 0.1) is 70.1 Å². The molecular formula is C51H65N7O7. The SMILES string of the molecule is COC[C@H]1CN[C@H](C)CN1CC(=O)N1CC(C)(C)c2ncc(Cc3cccc(OCCOCCOCCOCCNC[C@@H](C(=O)Nc4ccc5cnccc5c4)c4ccccc4)c3)cc21. The summed E-state index contributed by atoms with van der Waals surface area (Å²) in [5, 5.41) is 12.0. The van der Waals surface area contributed by atoms with Crippen LogP contribution >= 0.6 is 0 Å². The van der Waals surface area contributed by atoms with Gasteiger partial charge in [0.1, 0.15) is 12.4 Å². The molecule has 3 aromatic carbocycles. The largest absolute Gasteiger partial charge is 0.491 e. The van der Waals surface area contributed by atoms with Crippen molar-refractivity contribution < 1.29 is 33.3 Å². The van der Waals surface area contributed by atoms with Crippen LogP contribution in [0.25, 0.3) is 10.8 Å². The van der Waals surface area contributed by atoms with Gasteiger partial charge in [-0.3, -0.25) is 24.5 Å². The summed E-state index contributed by atoms with van der Waals surface area (Å²) in [6.45, 7) is 13.8. The van der Waals surface area contributed by atoms with E-state index in [1.54, 1.807) is 13.3 Å². The molecular weight excluding hydrogens is 823 g/mol. The maximum absolute atomic E-state index is 13.9. The molecule has 0 aliphatic carbocycles. The number of fused-ring (bicyclic) bond motifs is 2. The van der Waals surface area contributed by atoms with Gasteiger partial charge in [0, 0.05) is 87.0 Å².